The molecule has 25 heavy (non-hydrogen) atoms. The number of piperazine rings is 1. The molecule has 0 spiro atoms. The zero-order chi connectivity index (χ0) is 18.9. The molecule has 1 aliphatic heterocycles. The van der Waals surface area contributed by atoms with Crippen molar-refractivity contribution in [2.45, 2.75) is 45.6 Å². The van der Waals surface area contributed by atoms with E-state index in [1.165, 1.54) is 11.8 Å². The van der Waals surface area contributed by atoms with Gasteiger partial charge in [0.1, 0.15) is 12.6 Å². The highest BCUT2D eigenvalue weighted by Gasteiger charge is 2.37. The van der Waals surface area contributed by atoms with Crippen molar-refractivity contribution in [2.24, 2.45) is 5.73 Å². The molecule has 0 radical (unpaired) electrons. The maximum atomic E-state index is 12.7. The Morgan fingerprint density at radius 2 is 2.00 bits per heavy atom. The smallest absolute Gasteiger partial charge is 0.368 e. The number of nitrogens with two attached hydrogens (primary N) is 1. The Morgan fingerprint density at radius 3 is 2.48 bits per heavy atom. The van der Waals surface area contributed by atoms with Crippen LogP contribution in [0.3, 0.4) is 0 Å². The van der Waals surface area contributed by atoms with E-state index in [0.29, 0.717) is 13.1 Å². The van der Waals surface area contributed by atoms with Gasteiger partial charge in [0.15, 0.2) is 5.69 Å². The van der Waals surface area contributed by atoms with Gasteiger partial charge < -0.3 is 10.6 Å². The first-order valence-electron chi connectivity index (χ1n) is 7.95. The summed E-state index contributed by atoms with van der Waals surface area (Å²) in [5, 5.41) is 3.45. The molecule has 10 heteroatoms. The molecular weight excluding hydrogens is 339 g/mol. The standard InChI is InChI=1S/C15H22F3N5O2/c1-9(2)21-4-5-22(11(7-21)14(19)25)13(24)8-23-10(3)6-12(20-23)15(16,17)18/h6,9,11H,4-5,7-8H2,1-3H3,(H2,19,25). The highest BCUT2D eigenvalue weighted by molar-refractivity contribution is 5.87. The monoisotopic (exact) mass is 361 g/mol. The third-order valence-electron chi connectivity index (χ3n) is 4.35. The minimum absolute atomic E-state index is 0.196. The average Bonchev–Trinajstić information content (AvgIpc) is 2.87. The number of carbonyl (C=O) groups is 2. The molecule has 2 rings (SSSR count). The van der Waals surface area contributed by atoms with Gasteiger partial charge in [-0.05, 0) is 26.8 Å². The van der Waals surface area contributed by atoms with Crippen molar-refractivity contribution in [3.8, 4) is 0 Å². The Bertz CT molecular complexity index is 656. The molecule has 0 aliphatic carbocycles. The molecule has 2 heterocycles. The van der Waals surface area contributed by atoms with Crippen LogP contribution in [0.25, 0.3) is 0 Å². The molecular formula is C15H22F3N5O2. The van der Waals surface area contributed by atoms with Gasteiger partial charge in [-0.1, -0.05) is 0 Å². The number of aryl methyl sites for hydroxylation is 1. The zero-order valence-corrected chi connectivity index (χ0v) is 14.4. The molecule has 1 atom stereocenters. The van der Waals surface area contributed by atoms with Crippen LogP contribution in [-0.4, -0.2) is 63.1 Å². The number of primary amides is 1. The van der Waals surface area contributed by atoms with Gasteiger partial charge in [0.05, 0.1) is 0 Å². The second-order valence-corrected chi connectivity index (χ2v) is 6.42. The molecule has 7 nitrogen and oxygen atoms in total. The lowest BCUT2D eigenvalue weighted by molar-refractivity contribution is -0.145. The largest absolute Gasteiger partial charge is 0.435 e. The Labute approximate surface area is 143 Å². The van der Waals surface area contributed by atoms with Crippen molar-refractivity contribution in [3.63, 3.8) is 0 Å². The number of carbonyl (C=O) groups excluding carboxylic acids is 2. The summed E-state index contributed by atoms with van der Waals surface area (Å²) < 4.78 is 39.2. The van der Waals surface area contributed by atoms with Crippen LogP contribution in [0.2, 0.25) is 0 Å². The molecule has 1 aromatic heterocycles. The molecule has 1 unspecified atom stereocenters. The molecule has 0 bridgehead atoms. The summed E-state index contributed by atoms with van der Waals surface area (Å²) in [5.41, 5.74) is 4.58. The summed E-state index contributed by atoms with van der Waals surface area (Å²) in [4.78, 5) is 27.6. The van der Waals surface area contributed by atoms with Crippen molar-refractivity contribution < 1.29 is 22.8 Å². The minimum Gasteiger partial charge on any atom is -0.368 e. The van der Waals surface area contributed by atoms with Gasteiger partial charge in [0.2, 0.25) is 11.8 Å². The van der Waals surface area contributed by atoms with Gasteiger partial charge in [0.25, 0.3) is 0 Å². The molecule has 2 amide bonds. The number of nitrogens with zero attached hydrogens (tertiary/aromatic N) is 4. The lowest BCUT2D eigenvalue weighted by Gasteiger charge is -2.41. The van der Waals surface area contributed by atoms with E-state index < -0.39 is 29.7 Å². The molecule has 1 aliphatic rings. The highest BCUT2D eigenvalue weighted by atomic mass is 19.4. The first-order chi connectivity index (χ1) is 11.5. The number of amides is 2. The Hall–Kier alpha value is -2.10. The first kappa shape index (κ1) is 19.2. The van der Waals surface area contributed by atoms with Gasteiger partial charge in [-0.3, -0.25) is 19.2 Å². The quantitative estimate of drug-likeness (QED) is 0.852. The fraction of sp³-hybridized carbons (Fsp3) is 0.667. The number of rotatable bonds is 4. The average molecular weight is 361 g/mol. The van der Waals surface area contributed by atoms with Crippen LogP contribution in [0.15, 0.2) is 6.07 Å². The maximum absolute atomic E-state index is 12.7. The summed E-state index contributed by atoms with van der Waals surface area (Å²) in [5.74, 6) is -1.11. The topological polar surface area (TPSA) is 84.5 Å². The van der Waals surface area contributed by atoms with Crippen LogP contribution >= 0.6 is 0 Å². The van der Waals surface area contributed by atoms with Gasteiger partial charge >= 0.3 is 6.18 Å². The third-order valence-corrected chi connectivity index (χ3v) is 4.35. The predicted molar refractivity (Wildman–Crippen MR) is 83.4 cm³/mol. The summed E-state index contributed by atoms with van der Waals surface area (Å²) in [7, 11) is 0. The van der Waals surface area contributed by atoms with Crippen molar-refractivity contribution in [3.05, 3.63) is 17.5 Å². The van der Waals surface area contributed by atoms with Gasteiger partial charge in [-0.25, -0.2) is 0 Å². The summed E-state index contributed by atoms with van der Waals surface area (Å²) >= 11 is 0. The molecule has 140 valence electrons. The van der Waals surface area contributed by atoms with Crippen LogP contribution in [0, 0.1) is 6.92 Å². The third kappa shape index (κ3) is 4.30. The van der Waals surface area contributed by atoms with Crippen LogP contribution in [-0.2, 0) is 22.3 Å². The van der Waals surface area contributed by atoms with Crippen LogP contribution in [0.1, 0.15) is 25.2 Å². The van der Waals surface area contributed by atoms with E-state index in [-0.39, 0.29) is 24.8 Å². The van der Waals surface area contributed by atoms with Crippen molar-refractivity contribution in [2.75, 3.05) is 19.6 Å². The van der Waals surface area contributed by atoms with E-state index in [1.807, 2.05) is 18.7 Å². The van der Waals surface area contributed by atoms with E-state index in [2.05, 4.69) is 5.10 Å². The van der Waals surface area contributed by atoms with Gasteiger partial charge in [0, 0.05) is 31.4 Å². The van der Waals surface area contributed by atoms with Gasteiger partial charge in [-0.15, -0.1) is 0 Å². The van der Waals surface area contributed by atoms with Crippen molar-refractivity contribution in [1.29, 1.82) is 0 Å². The maximum Gasteiger partial charge on any atom is 0.435 e. The molecule has 2 N–H and O–H groups in total. The predicted octanol–water partition coefficient (Wildman–Crippen LogP) is 0.617. The Balaban J connectivity index is 2.14. The SMILES string of the molecule is Cc1cc(C(F)(F)F)nn1CC(=O)N1CCN(C(C)C)CC1C(N)=O. The van der Waals surface area contributed by atoms with E-state index in [1.54, 1.807) is 0 Å². The first-order valence-corrected chi connectivity index (χ1v) is 7.95. The highest BCUT2D eigenvalue weighted by Crippen LogP contribution is 2.28. The molecule has 1 aromatic rings. The number of hydrogen-bond donors (Lipinski definition) is 1. The molecule has 1 saturated heterocycles. The second kappa shape index (κ2) is 7.03. The van der Waals surface area contributed by atoms with Crippen LogP contribution in [0.4, 0.5) is 13.2 Å². The van der Waals surface area contributed by atoms with Crippen molar-refractivity contribution >= 4 is 11.8 Å². The summed E-state index contributed by atoms with van der Waals surface area (Å²) in [6.45, 7) is 6.19. The molecule has 1 fully saturated rings. The normalized spacial score (nSPS) is 19.5. The lowest BCUT2D eigenvalue weighted by Crippen LogP contribution is -2.61. The minimum atomic E-state index is -4.57. The molecule has 0 saturated carbocycles. The van der Waals surface area contributed by atoms with Gasteiger partial charge in [-0.2, -0.15) is 18.3 Å². The zero-order valence-electron chi connectivity index (χ0n) is 14.4. The Morgan fingerprint density at radius 1 is 1.36 bits per heavy atom. The van der Waals surface area contributed by atoms with Crippen molar-refractivity contribution in [1.82, 2.24) is 19.6 Å². The fourth-order valence-corrected chi connectivity index (χ4v) is 2.84. The van der Waals surface area contributed by atoms with Crippen LogP contribution in [0.5, 0.6) is 0 Å². The number of alkyl halides is 3. The summed E-state index contributed by atoms with van der Waals surface area (Å²) in [6.07, 6.45) is -4.57. The fourth-order valence-electron chi connectivity index (χ4n) is 2.84. The van der Waals surface area contributed by atoms with E-state index in [0.717, 1.165) is 10.7 Å². The molecule has 0 aromatic carbocycles. The second-order valence-electron chi connectivity index (χ2n) is 6.42. The number of aromatic nitrogens is 2. The van der Waals surface area contributed by atoms with E-state index >= 15 is 0 Å². The lowest BCUT2D eigenvalue weighted by atomic mass is 10.1. The Kier molecular flexibility index (Phi) is 5.40. The van der Waals surface area contributed by atoms with E-state index in [4.69, 9.17) is 5.73 Å². The van der Waals surface area contributed by atoms with Crippen LogP contribution < -0.4 is 5.73 Å². The number of halogens is 3. The van der Waals surface area contributed by atoms with E-state index in [9.17, 15) is 22.8 Å². The number of hydrogen-bond acceptors (Lipinski definition) is 4. The summed E-state index contributed by atoms with van der Waals surface area (Å²) in [6, 6.07) is 0.277.